The van der Waals surface area contributed by atoms with Crippen LogP contribution in [0, 0.1) is 6.92 Å². The first-order valence-electron chi connectivity index (χ1n) is 7.81. The van der Waals surface area contributed by atoms with E-state index in [1.807, 2.05) is 24.3 Å². The summed E-state index contributed by atoms with van der Waals surface area (Å²) in [5.74, 6) is -0.213. The van der Waals surface area contributed by atoms with Crippen molar-refractivity contribution < 1.29 is 18.7 Å². The van der Waals surface area contributed by atoms with Crippen LogP contribution in [0.15, 0.2) is 46.9 Å². The minimum Gasteiger partial charge on any atom is -0.491 e. The molecule has 1 aromatic heterocycles. The van der Waals surface area contributed by atoms with Gasteiger partial charge in [-0.3, -0.25) is 9.59 Å². The third-order valence-electron chi connectivity index (χ3n) is 3.96. The lowest BCUT2D eigenvalue weighted by Gasteiger charge is -2.11. The highest BCUT2D eigenvalue weighted by Gasteiger charge is 2.27. The van der Waals surface area contributed by atoms with Crippen molar-refractivity contribution in [3.63, 3.8) is 0 Å². The number of carbonyl (C=O) groups excluding carboxylic acids is 2. The molecule has 1 atom stereocenters. The summed E-state index contributed by atoms with van der Waals surface area (Å²) < 4.78 is 10.9. The van der Waals surface area contributed by atoms with Crippen LogP contribution in [0.1, 0.15) is 17.5 Å². The zero-order chi connectivity index (χ0) is 17.4. The number of amides is 2. The van der Waals surface area contributed by atoms with Crippen LogP contribution in [-0.4, -0.2) is 23.4 Å². The third-order valence-corrected chi connectivity index (χ3v) is 3.96. The number of anilines is 1. The summed E-state index contributed by atoms with van der Waals surface area (Å²) >= 11 is 0. The van der Waals surface area contributed by atoms with E-state index in [-0.39, 0.29) is 6.04 Å². The molecule has 0 radical (unpaired) electrons. The molecule has 4 rings (SSSR count). The van der Waals surface area contributed by atoms with E-state index in [0.717, 1.165) is 11.3 Å². The SMILES string of the molecule is Cc1nc2ccc(NC(=O)C(=O)N[C@H]3COc4ccccc43)cc2o1. The maximum absolute atomic E-state index is 12.2. The average molecular weight is 337 g/mol. The van der Waals surface area contributed by atoms with Crippen LogP contribution in [0.2, 0.25) is 0 Å². The fourth-order valence-electron chi connectivity index (χ4n) is 2.81. The number of hydrogen-bond acceptors (Lipinski definition) is 5. The second-order valence-corrected chi connectivity index (χ2v) is 5.74. The number of fused-ring (bicyclic) bond motifs is 2. The van der Waals surface area contributed by atoms with Gasteiger partial charge in [0.1, 0.15) is 17.9 Å². The predicted molar refractivity (Wildman–Crippen MR) is 90.2 cm³/mol. The highest BCUT2D eigenvalue weighted by Crippen LogP contribution is 2.31. The Morgan fingerprint density at radius 3 is 2.88 bits per heavy atom. The number of hydrogen-bond donors (Lipinski definition) is 2. The first-order chi connectivity index (χ1) is 12.1. The van der Waals surface area contributed by atoms with Gasteiger partial charge in [-0.25, -0.2) is 4.98 Å². The molecule has 2 N–H and O–H groups in total. The Morgan fingerprint density at radius 1 is 1.16 bits per heavy atom. The zero-order valence-electron chi connectivity index (χ0n) is 13.4. The maximum Gasteiger partial charge on any atom is 0.313 e. The molecule has 0 unspecified atom stereocenters. The monoisotopic (exact) mass is 337 g/mol. The molecule has 1 aliphatic rings. The Labute approximate surface area is 143 Å². The van der Waals surface area contributed by atoms with Crippen molar-refractivity contribution in [2.24, 2.45) is 0 Å². The molecular weight excluding hydrogens is 322 g/mol. The van der Waals surface area contributed by atoms with Gasteiger partial charge in [0.15, 0.2) is 11.5 Å². The molecule has 3 aromatic rings. The van der Waals surface area contributed by atoms with Gasteiger partial charge in [0.2, 0.25) is 0 Å². The molecule has 2 amide bonds. The largest absolute Gasteiger partial charge is 0.491 e. The average Bonchev–Trinajstić information content (AvgIpc) is 3.17. The van der Waals surface area contributed by atoms with Gasteiger partial charge in [-0.15, -0.1) is 0 Å². The Hall–Kier alpha value is -3.35. The van der Waals surface area contributed by atoms with Gasteiger partial charge < -0.3 is 19.8 Å². The maximum atomic E-state index is 12.2. The summed E-state index contributed by atoms with van der Waals surface area (Å²) in [6.45, 7) is 2.05. The number of para-hydroxylation sites is 1. The fourth-order valence-corrected chi connectivity index (χ4v) is 2.81. The number of ether oxygens (including phenoxy) is 1. The third kappa shape index (κ3) is 2.91. The molecule has 0 aliphatic carbocycles. The zero-order valence-corrected chi connectivity index (χ0v) is 13.4. The van der Waals surface area contributed by atoms with Gasteiger partial charge in [-0.2, -0.15) is 0 Å². The van der Waals surface area contributed by atoms with Crippen LogP contribution in [-0.2, 0) is 9.59 Å². The Kier molecular flexibility index (Phi) is 3.61. The van der Waals surface area contributed by atoms with Crippen LogP contribution in [0.25, 0.3) is 11.1 Å². The first kappa shape index (κ1) is 15.2. The smallest absolute Gasteiger partial charge is 0.313 e. The summed E-state index contributed by atoms with van der Waals surface area (Å²) in [5.41, 5.74) is 2.57. The van der Waals surface area contributed by atoms with Crippen LogP contribution in [0.3, 0.4) is 0 Å². The molecule has 0 saturated heterocycles. The van der Waals surface area contributed by atoms with Crippen LogP contribution in [0.5, 0.6) is 5.75 Å². The standard InChI is InChI=1S/C18H15N3O4/c1-10-19-13-7-6-11(8-16(13)25-10)20-17(22)18(23)21-14-9-24-15-5-3-2-4-12(14)15/h2-8,14H,9H2,1H3,(H,20,22)(H,21,23)/t14-/m0/s1. The minimum absolute atomic E-state index is 0.307. The Bertz CT molecular complexity index is 979. The van der Waals surface area contributed by atoms with Crippen LogP contribution >= 0.6 is 0 Å². The van der Waals surface area contributed by atoms with Crippen molar-refractivity contribution in [3.8, 4) is 5.75 Å². The van der Waals surface area contributed by atoms with E-state index in [4.69, 9.17) is 9.15 Å². The second-order valence-electron chi connectivity index (χ2n) is 5.74. The van der Waals surface area contributed by atoms with Gasteiger partial charge in [0.25, 0.3) is 0 Å². The lowest BCUT2D eigenvalue weighted by Crippen LogP contribution is -2.38. The highest BCUT2D eigenvalue weighted by atomic mass is 16.5. The number of aryl methyl sites for hydroxylation is 1. The van der Waals surface area contributed by atoms with Crippen molar-refractivity contribution in [2.75, 3.05) is 11.9 Å². The van der Waals surface area contributed by atoms with Crippen LogP contribution < -0.4 is 15.4 Å². The van der Waals surface area contributed by atoms with E-state index < -0.39 is 11.8 Å². The summed E-state index contributed by atoms with van der Waals surface area (Å²) in [4.78, 5) is 28.5. The molecule has 2 heterocycles. The number of nitrogens with zero attached hydrogens (tertiary/aromatic N) is 1. The molecule has 0 fully saturated rings. The molecule has 7 heteroatoms. The van der Waals surface area contributed by atoms with Crippen molar-refractivity contribution in [1.82, 2.24) is 10.3 Å². The number of oxazole rings is 1. The number of benzene rings is 2. The predicted octanol–water partition coefficient (Wildman–Crippen LogP) is 2.32. The van der Waals surface area contributed by atoms with Crippen LogP contribution in [0.4, 0.5) is 5.69 Å². The quantitative estimate of drug-likeness (QED) is 0.700. The Balaban J connectivity index is 1.44. The van der Waals surface area contributed by atoms with E-state index in [1.165, 1.54) is 0 Å². The van der Waals surface area contributed by atoms with Crippen molar-refractivity contribution in [3.05, 3.63) is 53.9 Å². The number of aromatic nitrogens is 1. The summed E-state index contributed by atoms with van der Waals surface area (Å²) in [6.07, 6.45) is 0. The summed E-state index contributed by atoms with van der Waals surface area (Å²) in [7, 11) is 0. The normalized spacial score (nSPS) is 15.5. The number of carbonyl (C=O) groups is 2. The fraction of sp³-hybridized carbons (Fsp3) is 0.167. The van der Waals surface area contributed by atoms with E-state index >= 15 is 0 Å². The van der Waals surface area contributed by atoms with Gasteiger partial charge in [-0.1, -0.05) is 18.2 Å². The molecular formula is C18H15N3O4. The van der Waals surface area contributed by atoms with Gasteiger partial charge in [0.05, 0.1) is 6.04 Å². The molecule has 2 aromatic carbocycles. The Morgan fingerprint density at radius 2 is 2.00 bits per heavy atom. The molecule has 25 heavy (non-hydrogen) atoms. The lowest BCUT2D eigenvalue weighted by atomic mass is 10.1. The first-order valence-corrected chi connectivity index (χ1v) is 7.81. The second kappa shape index (κ2) is 5.94. The summed E-state index contributed by atoms with van der Waals surface area (Å²) in [6, 6.07) is 12.1. The van der Waals surface area contributed by atoms with E-state index in [1.54, 1.807) is 25.1 Å². The molecule has 0 bridgehead atoms. The van der Waals surface area contributed by atoms with Gasteiger partial charge in [-0.05, 0) is 18.2 Å². The van der Waals surface area contributed by atoms with Crippen molar-refractivity contribution in [2.45, 2.75) is 13.0 Å². The van der Waals surface area contributed by atoms with Gasteiger partial charge >= 0.3 is 11.8 Å². The molecule has 126 valence electrons. The van der Waals surface area contributed by atoms with Gasteiger partial charge in [0, 0.05) is 24.2 Å². The van der Waals surface area contributed by atoms with Crippen molar-refractivity contribution in [1.29, 1.82) is 0 Å². The summed E-state index contributed by atoms with van der Waals surface area (Å²) in [5, 5.41) is 5.25. The lowest BCUT2D eigenvalue weighted by molar-refractivity contribution is -0.136. The van der Waals surface area contributed by atoms with E-state index in [9.17, 15) is 9.59 Å². The highest BCUT2D eigenvalue weighted by molar-refractivity contribution is 6.39. The molecule has 7 nitrogen and oxygen atoms in total. The topological polar surface area (TPSA) is 93.5 Å². The number of nitrogens with one attached hydrogen (secondary N) is 2. The minimum atomic E-state index is -0.750. The molecule has 1 aliphatic heterocycles. The molecule has 0 saturated carbocycles. The van der Waals surface area contributed by atoms with E-state index in [0.29, 0.717) is 29.3 Å². The number of rotatable bonds is 2. The van der Waals surface area contributed by atoms with E-state index in [2.05, 4.69) is 15.6 Å². The van der Waals surface area contributed by atoms with Crippen molar-refractivity contribution >= 4 is 28.6 Å². The molecule has 0 spiro atoms.